The number of hydrogen-bond donors (Lipinski definition) is 1. The van der Waals surface area contributed by atoms with E-state index in [1.807, 2.05) is 12.3 Å². The van der Waals surface area contributed by atoms with Crippen molar-refractivity contribution in [1.82, 2.24) is 14.8 Å². The second-order valence-corrected chi connectivity index (χ2v) is 6.01. The third-order valence-corrected chi connectivity index (χ3v) is 4.74. The number of pyridine rings is 1. The first kappa shape index (κ1) is 15.3. The Balaban J connectivity index is 2.04. The lowest BCUT2D eigenvalue weighted by atomic mass is 9.91. The molecule has 2 unspecified atom stereocenters. The minimum Gasteiger partial charge on any atom is -0.314 e. The standard InChI is InChI=1S/C16H27N3O/c1-4-14-12-19(16(3,5-2)13-17-14)11-10-18-9-7-6-8-15(18)20/h6-9,14,17H,4-5,10-13H2,1-3H3. The van der Waals surface area contributed by atoms with Gasteiger partial charge in [-0.05, 0) is 25.8 Å². The first-order valence-corrected chi connectivity index (χ1v) is 7.73. The lowest BCUT2D eigenvalue weighted by Gasteiger charge is -2.48. The van der Waals surface area contributed by atoms with Gasteiger partial charge in [0, 0.05) is 50.0 Å². The molecule has 2 rings (SSSR count). The van der Waals surface area contributed by atoms with Gasteiger partial charge in [0.05, 0.1) is 0 Å². The molecule has 0 aromatic carbocycles. The maximum atomic E-state index is 11.8. The monoisotopic (exact) mass is 277 g/mol. The molecule has 0 saturated carbocycles. The molecule has 1 N–H and O–H groups in total. The van der Waals surface area contributed by atoms with Gasteiger partial charge < -0.3 is 9.88 Å². The summed E-state index contributed by atoms with van der Waals surface area (Å²) in [6, 6.07) is 5.92. The summed E-state index contributed by atoms with van der Waals surface area (Å²) in [5.41, 5.74) is 0.289. The van der Waals surface area contributed by atoms with E-state index in [0.29, 0.717) is 6.04 Å². The van der Waals surface area contributed by atoms with E-state index in [9.17, 15) is 4.79 Å². The van der Waals surface area contributed by atoms with Crippen molar-refractivity contribution in [2.75, 3.05) is 19.6 Å². The van der Waals surface area contributed by atoms with Crippen LogP contribution in [-0.4, -0.2) is 40.7 Å². The third kappa shape index (κ3) is 3.30. The first-order chi connectivity index (χ1) is 9.59. The van der Waals surface area contributed by atoms with Gasteiger partial charge in [-0.25, -0.2) is 0 Å². The van der Waals surface area contributed by atoms with Crippen LogP contribution in [0.25, 0.3) is 0 Å². The van der Waals surface area contributed by atoms with E-state index in [1.54, 1.807) is 16.7 Å². The van der Waals surface area contributed by atoms with Gasteiger partial charge in [-0.15, -0.1) is 0 Å². The molecule has 2 atom stereocenters. The van der Waals surface area contributed by atoms with Crippen molar-refractivity contribution in [3.05, 3.63) is 34.7 Å². The van der Waals surface area contributed by atoms with Crippen LogP contribution in [0.4, 0.5) is 0 Å². The molecule has 0 aliphatic carbocycles. The van der Waals surface area contributed by atoms with Crippen molar-refractivity contribution in [2.24, 2.45) is 0 Å². The highest BCUT2D eigenvalue weighted by atomic mass is 16.1. The van der Waals surface area contributed by atoms with E-state index in [4.69, 9.17) is 0 Å². The molecule has 112 valence electrons. The van der Waals surface area contributed by atoms with Crippen LogP contribution in [0.3, 0.4) is 0 Å². The van der Waals surface area contributed by atoms with E-state index in [0.717, 1.165) is 39.0 Å². The summed E-state index contributed by atoms with van der Waals surface area (Å²) in [6.45, 7) is 10.6. The summed E-state index contributed by atoms with van der Waals surface area (Å²) in [5.74, 6) is 0. The average molecular weight is 277 g/mol. The van der Waals surface area contributed by atoms with Crippen LogP contribution < -0.4 is 10.9 Å². The Morgan fingerprint density at radius 2 is 2.15 bits per heavy atom. The molecule has 1 aromatic rings. The molecule has 4 nitrogen and oxygen atoms in total. The second kappa shape index (κ2) is 6.55. The van der Waals surface area contributed by atoms with Gasteiger partial charge in [0.15, 0.2) is 0 Å². The fourth-order valence-electron chi connectivity index (χ4n) is 2.88. The largest absolute Gasteiger partial charge is 0.314 e. The average Bonchev–Trinajstić information content (AvgIpc) is 2.48. The van der Waals surface area contributed by atoms with E-state index in [1.165, 1.54) is 0 Å². The van der Waals surface area contributed by atoms with Crippen molar-refractivity contribution in [2.45, 2.75) is 51.7 Å². The predicted octanol–water partition coefficient (Wildman–Crippen LogP) is 1.70. The molecule has 1 aromatic heterocycles. The highest BCUT2D eigenvalue weighted by Crippen LogP contribution is 2.23. The van der Waals surface area contributed by atoms with Gasteiger partial charge in [0.2, 0.25) is 0 Å². The zero-order valence-corrected chi connectivity index (χ0v) is 12.9. The molecule has 0 bridgehead atoms. The maximum absolute atomic E-state index is 11.8. The maximum Gasteiger partial charge on any atom is 0.250 e. The molecule has 1 aliphatic heterocycles. The van der Waals surface area contributed by atoms with Crippen molar-refractivity contribution in [3.8, 4) is 0 Å². The van der Waals surface area contributed by atoms with E-state index >= 15 is 0 Å². The van der Waals surface area contributed by atoms with Gasteiger partial charge in [-0.1, -0.05) is 19.9 Å². The number of piperazine rings is 1. The molecule has 0 amide bonds. The van der Waals surface area contributed by atoms with Crippen LogP contribution in [-0.2, 0) is 6.54 Å². The summed E-state index contributed by atoms with van der Waals surface area (Å²) < 4.78 is 1.80. The molecule has 1 fully saturated rings. The Morgan fingerprint density at radius 1 is 1.35 bits per heavy atom. The molecule has 1 aliphatic rings. The van der Waals surface area contributed by atoms with Crippen molar-refractivity contribution >= 4 is 0 Å². The summed E-state index contributed by atoms with van der Waals surface area (Å²) >= 11 is 0. The smallest absolute Gasteiger partial charge is 0.250 e. The van der Waals surface area contributed by atoms with Crippen LogP contribution in [0.15, 0.2) is 29.2 Å². The number of aromatic nitrogens is 1. The van der Waals surface area contributed by atoms with Gasteiger partial charge >= 0.3 is 0 Å². The van der Waals surface area contributed by atoms with Crippen molar-refractivity contribution in [3.63, 3.8) is 0 Å². The molecule has 20 heavy (non-hydrogen) atoms. The predicted molar refractivity (Wildman–Crippen MR) is 83.1 cm³/mol. The van der Waals surface area contributed by atoms with E-state index in [-0.39, 0.29) is 11.1 Å². The SMILES string of the molecule is CCC1CN(CCn2ccccc2=O)C(C)(CC)CN1. The highest BCUT2D eigenvalue weighted by Gasteiger charge is 2.35. The topological polar surface area (TPSA) is 37.3 Å². The van der Waals surface area contributed by atoms with Crippen molar-refractivity contribution < 1.29 is 0 Å². The normalized spacial score (nSPS) is 27.6. The van der Waals surface area contributed by atoms with Crippen LogP contribution >= 0.6 is 0 Å². The molecule has 4 heteroatoms. The fourth-order valence-corrected chi connectivity index (χ4v) is 2.88. The van der Waals surface area contributed by atoms with Gasteiger partial charge in [-0.3, -0.25) is 9.69 Å². The van der Waals surface area contributed by atoms with Gasteiger partial charge in [-0.2, -0.15) is 0 Å². The summed E-state index contributed by atoms with van der Waals surface area (Å²) in [5, 5.41) is 3.64. The van der Waals surface area contributed by atoms with Gasteiger partial charge in [0.25, 0.3) is 5.56 Å². The minimum absolute atomic E-state index is 0.0906. The number of nitrogens with zero attached hydrogens (tertiary/aromatic N) is 2. The van der Waals surface area contributed by atoms with Crippen molar-refractivity contribution in [1.29, 1.82) is 0 Å². The fraction of sp³-hybridized carbons (Fsp3) is 0.688. The first-order valence-electron chi connectivity index (χ1n) is 7.73. The highest BCUT2D eigenvalue weighted by molar-refractivity contribution is 4.96. The van der Waals surface area contributed by atoms with Crippen LogP contribution in [0.5, 0.6) is 0 Å². The molecular formula is C16H27N3O. The zero-order chi connectivity index (χ0) is 14.6. The molecule has 2 heterocycles. The third-order valence-electron chi connectivity index (χ3n) is 4.74. The summed E-state index contributed by atoms with van der Waals surface area (Å²) in [7, 11) is 0. The summed E-state index contributed by atoms with van der Waals surface area (Å²) in [4.78, 5) is 14.3. The lowest BCUT2D eigenvalue weighted by Crippen LogP contribution is -2.63. The summed E-state index contributed by atoms with van der Waals surface area (Å²) in [6.07, 6.45) is 4.16. The van der Waals surface area contributed by atoms with Crippen LogP contribution in [0.2, 0.25) is 0 Å². The van der Waals surface area contributed by atoms with Gasteiger partial charge in [0.1, 0.15) is 0 Å². The molecular weight excluding hydrogens is 250 g/mol. The zero-order valence-electron chi connectivity index (χ0n) is 12.9. The molecule has 0 radical (unpaired) electrons. The number of rotatable bonds is 5. The Kier molecular flexibility index (Phi) is 5.00. The minimum atomic E-state index is 0.0906. The Labute approximate surface area is 121 Å². The Morgan fingerprint density at radius 3 is 2.80 bits per heavy atom. The van der Waals surface area contributed by atoms with E-state index < -0.39 is 0 Å². The quantitative estimate of drug-likeness (QED) is 0.890. The van der Waals surface area contributed by atoms with Crippen LogP contribution in [0.1, 0.15) is 33.6 Å². The second-order valence-electron chi connectivity index (χ2n) is 6.01. The molecule has 1 saturated heterocycles. The molecule has 0 spiro atoms. The van der Waals surface area contributed by atoms with Crippen LogP contribution in [0, 0.1) is 0 Å². The number of hydrogen-bond acceptors (Lipinski definition) is 3. The lowest BCUT2D eigenvalue weighted by molar-refractivity contribution is 0.0448. The number of nitrogens with one attached hydrogen (secondary N) is 1. The Bertz CT molecular complexity index is 485. The Hall–Kier alpha value is -1.13. The van der Waals surface area contributed by atoms with E-state index in [2.05, 4.69) is 31.0 Å².